The number of hydrogen-bond donors (Lipinski definition) is 2. The monoisotopic (exact) mass is 263 g/mol. The van der Waals surface area contributed by atoms with Crippen LogP contribution in [0.5, 0.6) is 5.75 Å². The third-order valence-electron chi connectivity index (χ3n) is 2.19. The van der Waals surface area contributed by atoms with E-state index in [1.165, 1.54) is 0 Å². The van der Waals surface area contributed by atoms with Crippen molar-refractivity contribution in [2.45, 2.75) is 0 Å². The van der Waals surface area contributed by atoms with Crippen LogP contribution in [0.1, 0.15) is 0 Å². The second-order valence-corrected chi connectivity index (χ2v) is 4.17. The Balaban J connectivity index is 2.63. The van der Waals surface area contributed by atoms with Crippen molar-refractivity contribution in [2.24, 2.45) is 0 Å². The van der Waals surface area contributed by atoms with Gasteiger partial charge in [0.05, 0.1) is 0 Å². The summed E-state index contributed by atoms with van der Waals surface area (Å²) < 4.78 is 0.961. The second-order valence-electron chi connectivity index (χ2n) is 3.25. The molecule has 0 unspecified atom stereocenters. The highest BCUT2D eigenvalue weighted by atomic mass is 79.9. The molecule has 0 saturated carbocycles. The van der Waals surface area contributed by atoms with Crippen molar-refractivity contribution in [2.75, 3.05) is 5.73 Å². The summed E-state index contributed by atoms with van der Waals surface area (Å²) in [5.41, 5.74) is 7.99. The van der Waals surface area contributed by atoms with Gasteiger partial charge in [-0.15, -0.1) is 0 Å². The summed E-state index contributed by atoms with van der Waals surface area (Å²) in [6.07, 6.45) is 0. The molecular weight excluding hydrogens is 254 g/mol. The Morgan fingerprint density at radius 1 is 1.07 bits per heavy atom. The molecular formula is C12H10BrNO. The van der Waals surface area contributed by atoms with Crippen LogP contribution >= 0.6 is 15.9 Å². The maximum Gasteiger partial charge on any atom is 0.125 e. The maximum atomic E-state index is 9.74. The number of halogens is 1. The van der Waals surface area contributed by atoms with Gasteiger partial charge in [0.15, 0.2) is 0 Å². The van der Waals surface area contributed by atoms with Crippen LogP contribution in [-0.4, -0.2) is 5.11 Å². The van der Waals surface area contributed by atoms with E-state index in [1.807, 2.05) is 24.3 Å². The lowest BCUT2D eigenvalue weighted by molar-refractivity contribution is 0.477. The topological polar surface area (TPSA) is 46.2 Å². The van der Waals surface area contributed by atoms with Gasteiger partial charge >= 0.3 is 0 Å². The van der Waals surface area contributed by atoms with E-state index in [9.17, 15) is 5.11 Å². The third kappa shape index (κ3) is 1.97. The predicted octanol–water partition coefficient (Wildman–Crippen LogP) is 3.40. The number of aromatic hydroxyl groups is 1. The fourth-order valence-corrected chi connectivity index (χ4v) is 1.92. The van der Waals surface area contributed by atoms with Crippen molar-refractivity contribution in [3.63, 3.8) is 0 Å². The molecule has 0 aliphatic heterocycles. The Kier molecular flexibility index (Phi) is 2.64. The lowest BCUT2D eigenvalue weighted by Crippen LogP contribution is -1.89. The summed E-state index contributed by atoms with van der Waals surface area (Å²) in [6, 6.07) is 12.8. The third-order valence-corrected chi connectivity index (χ3v) is 2.68. The average Bonchev–Trinajstić information content (AvgIpc) is 2.17. The van der Waals surface area contributed by atoms with Gasteiger partial charge in [0.1, 0.15) is 5.75 Å². The van der Waals surface area contributed by atoms with Gasteiger partial charge in [0.2, 0.25) is 0 Å². The summed E-state index contributed by atoms with van der Waals surface area (Å²) in [5, 5.41) is 9.74. The number of nitrogen functional groups attached to an aromatic ring is 1. The van der Waals surface area contributed by atoms with Gasteiger partial charge in [-0.05, 0) is 29.8 Å². The Morgan fingerprint density at radius 3 is 2.47 bits per heavy atom. The number of nitrogens with two attached hydrogens (primary N) is 1. The maximum absolute atomic E-state index is 9.74. The summed E-state index contributed by atoms with van der Waals surface area (Å²) in [6.45, 7) is 0. The fraction of sp³-hybridized carbons (Fsp3) is 0. The van der Waals surface area contributed by atoms with Crippen LogP contribution in [0.4, 0.5) is 5.69 Å². The van der Waals surface area contributed by atoms with E-state index in [4.69, 9.17) is 5.73 Å². The van der Waals surface area contributed by atoms with Crippen LogP contribution in [0.25, 0.3) is 11.1 Å². The Bertz CT molecular complexity index is 476. The molecule has 0 radical (unpaired) electrons. The Labute approximate surface area is 96.5 Å². The fourth-order valence-electron chi connectivity index (χ4n) is 1.52. The van der Waals surface area contributed by atoms with Crippen molar-refractivity contribution in [3.8, 4) is 16.9 Å². The molecule has 0 aromatic heterocycles. The van der Waals surface area contributed by atoms with Crippen molar-refractivity contribution in [1.82, 2.24) is 0 Å². The molecule has 0 heterocycles. The lowest BCUT2D eigenvalue weighted by Gasteiger charge is -2.08. The molecule has 2 aromatic rings. The van der Waals surface area contributed by atoms with Gasteiger partial charge in [-0.3, -0.25) is 0 Å². The number of phenolic OH excluding ortho intramolecular Hbond substituents is 1. The first-order valence-corrected chi connectivity index (χ1v) is 5.31. The number of phenols is 1. The average molecular weight is 264 g/mol. The van der Waals surface area contributed by atoms with Crippen molar-refractivity contribution in [3.05, 3.63) is 46.9 Å². The van der Waals surface area contributed by atoms with Gasteiger partial charge in [-0.1, -0.05) is 34.1 Å². The number of rotatable bonds is 1. The van der Waals surface area contributed by atoms with Crippen molar-refractivity contribution in [1.29, 1.82) is 0 Å². The van der Waals surface area contributed by atoms with Crippen LogP contribution in [-0.2, 0) is 0 Å². The number of benzene rings is 2. The molecule has 15 heavy (non-hydrogen) atoms. The molecule has 0 atom stereocenters. The van der Waals surface area contributed by atoms with E-state index in [1.54, 1.807) is 18.2 Å². The van der Waals surface area contributed by atoms with Crippen molar-refractivity contribution >= 4 is 21.6 Å². The molecule has 0 aliphatic carbocycles. The van der Waals surface area contributed by atoms with E-state index >= 15 is 0 Å². The SMILES string of the molecule is Nc1cccc(O)c1-c1cccc(Br)c1. The van der Waals surface area contributed by atoms with E-state index in [0.717, 1.165) is 10.0 Å². The molecule has 3 N–H and O–H groups in total. The zero-order valence-corrected chi connectivity index (χ0v) is 9.53. The lowest BCUT2D eigenvalue weighted by atomic mass is 10.0. The normalized spacial score (nSPS) is 10.2. The largest absolute Gasteiger partial charge is 0.507 e. The minimum absolute atomic E-state index is 0.202. The Hall–Kier alpha value is -1.48. The summed E-state index contributed by atoms with van der Waals surface area (Å²) in [4.78, 5) is 0. The summed E-state index contributed by atoms with van der Waals surface area (Å²) in [7, 11) is 0. The van der Waals surface area contributed by atoms with Crippen molar-refractivity contribution < 1.29 is 5.11 Å². The first kappa shape index (κ1) is 10.1. The van der Waals surface area contributed by atoms with Gasteiger partial charge in [0, 0.05) is 15.7 Å². The molecule has 0 saturated heterocycles. The molecule has 0 amide bonds. The van der Waals surface area contributed by atoms with Crippen LogP contribution < -0.4 is 5.73 Å². The van der Waals surface area contributed by atoms with Crippen LogP contribution in [0.3, 0.4) is 0 Å². The van der Waals surface area contributed by atoms with Crippen LogP contribution in [0.15, 0.2) is 46.9 Å². The number of anilines is 1. The highest BCUT2D eigenvalue weighted by molar-refractivity contribution is 9.10. The molecule has 0 aliphatic rings. The molecule has 2 rings (SSSR count). The molecule has 0 bridgehead atoms. The molecule has 76 valence electrons. The standard InChI is InChI=1S/C12H10BrNO/c13-9-4-1-3-8(7-9)12-10(14)5-2-6-11(12)15/h1-7,15H,14H2. The quantitative estimate of drug-likeness (QED) is 0.775. The first-order chi connectivity index (χ1) is 7.18. The predicted molar refractivity (Wildman–Crippen MR) is 65.7 cm³/mol. The second kappa shape index (κ2) is 3.95. The van der Waals surface area contributed by atoms with E-state index in [2.05, 4.69) is 15.9 Å². The molecule has 0 spiro atoms. The van der Waals surface area contributed by atoms with Gasteiger partial charge < -0.3 is 10.8 Å². The van der Waals surface area contributed by atoms with Crippen LogP contribution in [0.2, 0.25) is 0 Å². The minimum Gasteiger partial charge on any atom is -0.507 e. The van der Waals surface area contributed by atoms with E-state index in [0.29, 0.717) is 11.3 Å². The van der Waals surface area contributed by atoms with Crippen LogP contribution in [0, 0.1) is 0 Å². The molecule has 2 aromatic carbocycles. The summed E-state index contributed by atoms with van der Waals surface area (Å²) >= 11 is 3.39. The Morgan fingerprint density at radius 2 is 1.80 bits per heavy atom. The minimum atomic E-state index is 0.202. The number of hydrogen-bond acceptors (Lipinski definition) is 2. The zero-order chi connectivity index (χ0) is 10.8. The van der Waals surface area contributed by atoms with E-state index in [-0.39, 0.29) is 5.75 Å². The molecule has 2 nitrogen and oxygen atoms in total. The summed E-state index contributed by atoms with van der Waals surface area (Å²) in [5.74, 6) is 0.202. The van der Waals surface area contributed by atoms with E-state index < -0.39 is 0 Å². The highest BCUT2D eigenvalue weighted by Crippen LogP contribution is 2.35. The smallest absolute Gasteiger partial charge is 0.125 e. The van der Waals surface area contributed by atoms with Gasteiger partial charge in [-0.25, -0.2) is 0 Å². The molecule has 3 heteroatoms. The van der Waals surface area contributed by atoms with Gasteiger partial charge in [-0.2, -0.15) is 0 Å². The molecule has 0 fully saturated rings. The highest BCUT2D eigenvalue weighted by Gasteiger charge is 2.07. The van der Waals surface area contributed by atoms with Gasteiger partial charge in [0.25, 0.3) is 0 Å². The first-order valence-electron chi connectivity index (χ1n) is 4.52. The zero-order valence-electron chi connectivity index (χ0n) is 7.94.